The van der Waals surface area contributed by atoms with Gasteiger partial charge in [0, 0.05) is 11.4 Å². The number of hydrogen-bond acceptors (Lipinski definition) is 6. The second-order valence-corrected chi connectivity index (χ2v) is 7.65. The first-order valence-electron chi connectivity index (χ1n) is 11.6. The van der Waals surface area contributed by atoms with Gasteiger partial charge in [-0.1, -0.05) is 25.1 Å². The molecule has 0 aliphatic carbocycles. The zero-order chi connectivity index (χ0) is 26.6. The number of nitrogens with one attached hydrogen (secondary N) is 3. The van der Waals surface area contributed by atoms with Gasteiger partial charge in [0.2, 0.25) is 0 Å². The number of hydrogen-bond donors (Lipinski definition) is 3. The van der Waals surface area contributed by atoms with E-state index in [1.165, 1.54) is 18.3 Å². The minimum Gasteiger partial charge on any atom is -0.490 e. The summed E-state index contributed by atoms with van der Waals surface area (Å²) in [5, 5.41) is 8.96. The third kappa shape index (κ3) is 8.17. The van der Waals surface area contributed by atoms with Crippen molar-refractivity contribution in [3.63, 3.8) is 0 Å². The van der Waals surface area contributed by atoms with E-state index in [0.29, 0.717) is 23.7 Å². The van der Waals surface area contributed by atoms with Gasteiger partial charge >= 0.3 is 11.8 Å². The Balaban J connectivity index is 1.56. The first-order chi connectivity index (χ1) is 17.9. The number of anilines is 2. The Kier molecular flexibility index (Phi) is 9.72. The van der Waals surface area contributed by atoms with Gasteiger partial charge in [0.15, 0.2) is 18.1 Å². The van der Waals surface area contributed by atoms with Crippen molar-refractivity contribution in [1.29, 1.82) is 0 Å². The number of aryl methyl sites for hydroxylation is 1. The van der Waals surface area contributed by atoms with Crippen LogP contribution >= 0.6 is 0 Å². The maximum Gasteiger partial charge on any atom is 0.329 e. The first kappa shape index (κ1) is 26.9. The lowest BCUT2D eigenvalue weighted by Gasteiger charge is -2.13. The average Bonchev–Trinajstić information content (AvgIpc) is 2.90. The molecule has 3 aromatic carbocycles. The van der Waals surface area contributed by atoms with E-state index in [1.807, 2.05) is 31.2 Å². The van der Waals surface area contributed by atoms with Crippen molar-refractivity contribution >= 4 is 35.3 Å². The predicted octanol–water partition coefficient (Wildman–Crippen LogP) is 3.89. The van der Waals surface area contributed by atoms with Gasteiger partial charge in [-0.2, -0.15) is 5.10 Å². The molecule has 0 aliphatic rings. The molecule has 0 unspecified atom stereocenters. The van der Waals surface area contributed by atoms with Crippen molar-refractivity contribution < 1.29 is 28.2 Å². The molecular formula is C27H27FN4O5. The van der Waals surface area contributed by atoms with Gasteiger partial charge in [0.1, 0.15) is 5.82 Å². The summed E-state index contributed by atoms with van der Waals surface area (Å²) in [6.45, 7) is 3.95. The summed E-state index contributed by atoms with van der Waals surface area (Å²) in [6, 6.07) is 17.4. The van der Waals surface area contributed by atoms with Gasteiger partial charge in [-0.3, -0.25) is 14.4 Å². The Morgan fingerprint density at radius 3 is 2.38 bits per heavy atom. The molecule has 0 aromatic heterocycles. The number of benzene rings is 3. The first-order valence-corrected chi connectivity index (χ1v) is 11.6. The Bertz CT molecular complexity index is 1280. The van der Waals surface area contributed by atoms with Crippen molar-refractivity contribution in [2.45, 2.75) is 20.3 Å². The van der Waals surface area contributed by atoms with Crippen molar-refractivity contribution in [1.82, 2.24) is 5.43 Å². The summed E-state index contributed by atoms with van der Waals surface area (Å²) in [5.74, 6) is -1.98. The minimum absolute atomic E-state index is 0.217. The lowest BCUT2D eigenvalue weighted by molar-refractivity contribution is -0.136. The normalized spacial score (nSPS) is 10.6. The smallest absolute Gasteiger partial charge is 0.329 e. The SMILES string of the molecule is CCOc1cc(/C=N\NC(=O)C(=O)Nc2ccc(F)cc2)ccc1OCC(=O)Nc1ccccc1CC. The van der Waals surface area contributed by atoms with E-state index in [0.717, 1.165) is 29.8 Å². The molecule has 37 heavy (non-hydrogen) atoms. The molecule has 3 N–H and O–H groups in total. The second-order valence-electron chi connectivity index (χ2n) is 7.65. The number of amides is 3. The Morgan fingerprint density at radius 2 is 1.65 bits per heavy atom. The molecule has 0 aliphatic heterocycles. The molecule has 0 heterocycles. The lowest BCUT2D eigenvalue weighted by atomic mass is 10.1. The highest BCUT2D eigenvalue weighted by Crippen LogP contribution is 2.28. The van der Waals surface area contributed by atoms with Crippen molar-refractivity contribution in [2.24, 2.45) is 5.10 Å². The summed E-state index contributed by atoms with van der Waals surface area (Å²) in [6.07, 6.45) is 2.11. The Labute approximate surface area is 213 Å². The van der Waals surface area contributed by atoms with Crippen molar-refractivity contribution in [2.75, 3.05) is 23.8 Å². The zero-order valence-corrected chi connectivity index (χ0v) is 20.4. The quantitative estimate of drug-likeness (QED) is 0.219. The number of para-hydroxylation sites is 1. The lowest BCUT2D eigenvalue weighted by Crippen LogP contribution is -2.32. The van der Waals surface area contributed by atoms with Crippen LogP contribution in [-0.4, -0.2) is 37.1 Å². The molecule has 3 amide bonds. The molecule has 0 fully saturated rings. The van der Waals surface area contributed by atoms with E-state index >= 15 is 0 Å². The fourth-order valence-corrected chi connectivity index (χ4v) is 3.21. The van der Waals surface area contributed by atoms with Crippen LogP contribution in [0, 0.1) is 5.82 Å². The van der Waals surface area contributed by atoms with Gasteiger partial charge in [-0.25, -0.2) is 9.82 Å². The largest absolute Gasteiger partial charge is 0.490 e. The molecule has 0 spiro atoms. The third-order valence-corrected chi connectivity index (χ3v) is 4.99. The highest BCUT2D eigenvalue weighted by Gasteiger charge is 2.13. The molecule has 0 saturated heterocycles. The van der Waals surface area contributed by atoms with Crippen LogP contribution in [0.2, 0.25) is 0 Å². The van der Waals surface area contributed by atoms with Crippen LogP contribution < -0.4 is 25.5 Å². The number of halogens is 1. The van der Waals surface area contributed by atoms with Crippen LogP contribution in [0.1, 0.15) is 25.0 Å². The highest BCUT2D eigenvalue weighted by molar-refractivity contribution is 6.39. The van der Waals surface area contributed by atoms with Crippen molar-refractivity contribution in [3.8, 4) is 11.5 Å². The molecule has 3 rings (SSSR count). The van der Waals surface area contributed by atoms with Gasteiger partial charge < -0.3 is 20.1 Å². The Hall–Kier alpha value is -4.73. The molecule has 3 aromatic rings. The Morgan fingerprint density at radius 1 is 0.892 bits per heavy atom. The number of rotatable bonds is 10. The monoisotopic (exact) mass is 506 g/mol. The maximum absolute atomic E-state index is 13.0. The summed E-state index contributed by atoms with van der Waals surface area (Å²) in [4.78, 5) is 36.3. The predicted molar refractivity (Wildman–Crippen MR) is 138 cm³/mol. The van der Waals surface area contributed by atoms with E-state index in [9.17, 15) is 18.8 Å². The molecule has 0 atom stereocenters. The molecule has 192 valence electrons. The molecule has 0 saturated carbocycles. The van der Waals surface area contributed by atoms with Gasteiger partial charge in [-0.05, 0) is 73.0 Å². The van der Waals surface area contributed by atoms with Crippen LogP contribution in [0.25, 0.3) is 0 Å². The summed E-state index contributed by atoms with van der Waals surface area (Å²) in [7, 11) is 0. The molecule has 0 radical (unpaired) electrons. The number of nitrogens with zero attached hydrogens (tertiary/aromatic N) is 1. The average molecular weight is 507 g/mol. The van der Waals surface area contributed by atoms with Crippen LogP contribution in [0.4, 0.5) is 15.8 Å². The highest BCUT2D eigenvalue weighted by atomic mass is 19.1. The van der Waals surface area contributed by atoms with E-state index in [2.05, 4.69) is 21.2 Å². The summed E-state index contributed by atoms with van der Waals surface area (Å²) in [5.41, 5.74) is 4.70. The molecule has 9 nitrogen and oxygen atoms in total. The van der Waals surface area contributed by atoms with E-state index < -0.39 is 17.6 Å². The summed E-state index contributed by atoms with van der Waals surface area (Å²) >= 11 is 0. The van der Waals surface area contributed by atoms with Crippen LogP contribution in [0.5, 0.6) is 11.5 Å². The standard InChI is InChI=1S/C27H27FN4O5/c1-3-19-7-5-6-8-22(19)31-25(33)17-37-23-14-9-18(15-24(23)36-4-2)16-29-32-27(35)26(34)30-21-12-10-20(28)11-13-21/h5-16H,3-4,17H2,1-2H3,(H,30,34)(H,31,33)(H,32,35)/b29-16-. The number of carbonyl (C=O) groups excluding carboxylic acids is 3. The van der Waals surface area contributed by atoms with Crippen LogP contribution in [-0.2, 0) is 20.8 Å². The molecule has 10 heteroatoms. The van der Waals surface area contributed by atoms with Gasteiger partial charge in [0.05, 0.1) is 12.8 Å². The van der Waals surface area contributed by atoms with E-state index in [4.69, 9.17) is 9.47 Å². The van der Waals surface area contributed by atoms with Gasteiger partial charge in [-0.15, -0.1) is 0 Å². The van der Waals surface area contributed by atoms with Crippen LogP contribution in [0.15, 0.2) is 71.8 Å². The molecular weight excluding hydrogens is 479 g/mol. The zero-order valence-electron chi connectivity index (χ0n) is 20.4. The number of ether oxygens (including phenoxy) is 2. The summed E-state index contributed by atoms with van der Waals surface area (Å²) < 4.78 is 24.2. The van der Waals surface area contributed by atoms with Gasteiger partial charge in [0.25, 0.3) is 5.91 Å². The van der Waals surface area contributed by atoms with Crippen molar-refractivity contribution in [3.05, 3.63) is 83.7 Å². The van der Waals surface area contributed by atoms with E-state index in [-0.39, 0.29) is 18.2 Å². The fourth-order valence-electron chi connectivity index (χ4n) is 3.21. The molecule has 0 bridgehead atoms. The number of carbonyl (C=O) groups is 3. The second kappa shape index (κ2) is 13.4. The topological polar surface area (TPSA) is 118 Å². The minimum atomic E-state index is -0.999. The van der Waals surface area contributed by atoms with Crippen LogP contribution in [0.3, 0.4) is 0 Å². The number of hydrazone groups is 1. The third-order valence-electron chi connectivity index (χ3n) is 4.99. The maximum atomic E-state index is 13.0. The van der Waals surface area contributed by atoms with E-state index in [1.54, 1.807) is 25.1 Å². The fraction of sp³-hybridized carbons (Fsp3) is 0.185.